The van der Waals surface area contributed by atoms with E-state index in [0.29, 0.717) is 5.92 Å². The fraction of sp³-hybridized carbons (Fsp3) is 0.533. The Morgan fingerprint density at radius 3 is 2.95 bits per heavy atom. The van der Waals surface area contributed by atoms with Crippen LogP contribution in [0, 0.1) is 5.92 Å². The second-order valence-electron chi connectivity index (χ2n) is 6.01. The standard InChI is InChI=1S/C15H20ClN3/c1-15(2,10-4-3-7-17-9-10)14-18-12-6-5-11(16)8-13(12)19-14/h5-6,8,10,17H,3-4,7,9H2,1-2H3,(H,18,19). The lowest BCUT2D eigenvalue weighted by Gasteiger charge is -2.35. The van der Waals surface area contributed by atoms with Crippen LogP contribution in [-0.4, -0.2) is 23.1 Å². The number of imidazole rings is 1. The van der Waals surface area contributed by atoms with E-state index < -0.39 is 0 Å². The zero-order valence-electron chi connectivity index (χ0n) is 11.5. The molecular weight excluding hydrogens is 258 g/mol. The molecule has 2 heterocycles. The molecule has 1 atom stereocenters. The van der Waals surface area contributed by atoms with Crippen molar-refractivity contribution in [2.45, 2.75) is 32.1 Å². The highest BCUT2D eigenvalue weighted by Gasteiger charge is 2.34. The summed E-state index contributed by atoms with van der Waals surface area (Å²) in [5.74, 6) is 1.69. The molecule has 3 nitrogen and oxygen atoms in total. The number of nitrogens with one attached hydrogen (secondary N) is 2. The van der Waals surface area contributed by atoms with E-state index in [1.165, 1.54) is 12.8 Å². The van der Waals surface area contributed by atoms with Crippen LogP contribution in [0.1, 0.15) is 32.5 Å². The van der Waals surface area contributed by atoms with E-state index in [2.05, 4.69) is 24.1 Å². The van der Waals surface area contributed by atoms with E-state index in [4.69, 9.17) is 16.6 Å². The summed E-state index contributed by atoms with van der Waals surface area (Å²) in [7, 11) is 0. The molecule has 0 radical (unpaired) electrons. The molecule has 0 aliphatic carbocycles. The molecule has 1 aromatic carbocycles. The van der Waals surface area contributed by atoms with Gasteiger partial charge in [0, 0.05) is 10.4 Å². The number of aromatic nitrogens is 2. The van der Waals surface area contributed by atoms with E-state index >= 15 is 0 Å². The number of piperidine rings is 1. The minimum absolute atomic E-state index is 0.0545. The SMILES string of the molecule is CC(C)(c1nc2ccc(Cl)cc2[nH]1)C1CCCNC1. The van der Waals surface area contributed by atoms with Gasteiger partial charge < -0.3 is 10.3 Å². The number of nitrogens with zero attached hydrogens (tertiary/aromatic N) is 1. The Hall–Kier alpha value is -1.06. The van der Waals surface area contributed by atoms with Crippen LogP contribution >= 0.6 is 11.6 Å². The van der Waals surface area contributed by atoms with Crippen molar-refractivity contribution in [1.29, 1.82) is 0 Å². The summed E-state index contributed by atoms with van der Waals surface area (Å²) in [5, 5.41) is 4.24. The van der Waals surface area contributed by atoms with E-state index in [9.17, 15) is 0 Å². The Kier molecular flexibility index (Phi) is 3.27. The van der Waals surface area contributed by atoms with Crippen LogP contribution in [0.5, 0.6) is 0 Å². The zero-order valence-corrected chi connectivity index (χ0v) is 12.2. The van der Waals surface area contributed by atoms with E-state index in [1.54, 1.807) is 0 Å². The van der Waals surface area contributed by atoms with E-state index in [-0.39, 0.29) is 5.41 Å². The number of halogens is 1. The molecule has 2 aromatic rings. The van der Waals surface area contributed by atoms with Crippen LogP contribution in [0.3, 0.4) is 0 Å². The lowest BCUT2D eigenvalue weighted by atomic mass is 9.74. The van der Waals surface area contributed by atoms with Gasteiger partial charge in [-0.25, -0.2) is 4.98 Å². The summed E-state index contributed by atoms with van der Waals surface area (Å²) >= 11 is 6.03. The predicted molar refractivity (Wildman–Crippen MR) is 79.7 cm³/mol. The molecule has 2 N–H and O–H groups in total. The van der Waals surface area contributed by atoms with Crippen LogP contribution in [-0.2, 0) is 5.41 Å². The largest absolute Gasteiger partial charge is 0.341 e. The van der Waals surface area contributed by atoms with Crippen molar-refractivity contribution in [1.82, 2.24) is 15.3 Å². The minimum Gasteiger partial charge on any atom is -0.341 e. The lowest BCUT2D eigenvalue weighted by molar-refractivity contribution is 0.243. The Balaban J connectivity index is 1.97. The van der Waals surface area contributed by atoms with Crippen LogP contribution in [0.2, 0.25) is 5.02 Å². The van der Waals surface area contributed by atoms with E-state index in [0.717, 1.165) is 35.0 Å². The number of hydrogen-bond donors (Lipinski definition) is 2. The van der Waals surface area contributed by atoms with Crippen molar-refractivity contribution < 1.29 is 0 Å². The van der Waals surface area contributed by atoms with Crippen LogP contribution in [0.25, 0.3) is 11.0 Å². The maximum atomic E-state index is 6.03. The molecule has 1 aromatic heterocycles. The van der Waals surface area contributed by atoms with Gasteiger partial charge in [-0.2, -0.15) is 0 Å². The fourth-order valence-corrected chi connectivity index (χ4v) is 3.12. The van der Waals surface area contributed by atoms with Crippen molar-refractivity contribution in [2.24, 2.45) is 5.92 Å². The van der Waals surface area contributed by atoms with Crippen molar-refractivity contribution >= 4 is 22.6 Å². The fourth-order valence-electron chi connectivity index (χ4n) is 2.95. The first-order valence-electron chi connectivity index (χ1n) is 6.94. The van der Waals surface area contributed by atoms with Gasteiger partial charge in [-0.15, -0.1) is 0 Å². The molecule has 102 valence electrons. The Morgan fingerprint density at radius 1 is 1.37 bits per heavy atom. The average molecular weight is 278 g/mol. The molecule has 1 fully saturated rings. The number of aromatic amines is 1. The van der Waals surface area contributed by atoms with Gasteiger partial charge in [0.15, 0.2) is 0 Å². The van der Waals surface area contributed by atoms with Gasteiger partial charge in [-0.05, 0) is 50.0 Å². The Labute approximate surface area is 118 Å². The van der Waals surface area contributed by atoms with Crippen LogP contribution in [0.4, 0.5) is 0 Å². The topological polar surface area (TPSA) is 40.7 Å². The highest BCUT2D eigenvalue weighted by atomic mass is 35.5. The summed E-state index contributed by atoms with van der Waals surface area (Å²) in [6.07, 6.45) is 2.51. The van der Waals surface area contributed by atoms with Crippen molar-refractivity contribution in [2.75, 3.05) is 13.1 Å². The van der Waals surface area contributed by atoms with E-state index in [1.807, 2.05) is 18.2 Å². The molecule has 1 unspecified atom stereocenters. The van der Waals surface area contributed by atoms with Gasteiger partial charge in [0.25, 0.3) is 0 Å². The molecule has 3 rings (SSSR count). The minimum atomic E-state index is 0.0545. The molecule has 0 amide bonds. The molecule has 1 aliphatic rings. The highest BCUT2D eigenvalue weighted by molar-refractivity contribution is 6.31. The van der Waals surface area contributed by atoms with Gasteiger partial charge in [0.05, 0.1) is 11.0 Å². The van der Waals surface area contributed by atoms with Gasteiger partial charge >= 0.3 is 0 Å². The number of H-pyrrole nitrogens is 1. The average Bonchev–Trinajstić information content (AvgIpc) is 2.83. The third-order valence-electron chi connectivity index (χ3n) is 4.37. The first kappa shape index (κ1) is 12.9. The second-order valence-corrected chi connectivity index (χ2v) is 6.45. The Morgan fingerprint density at radius 2 is 2.21 bits per heavy atom. The molecular formula is C15H20ClN3. The lowest BCUT2D eigenvalue weighted by Crippen LogP contribution is -2.41. The van der Waals surface area contributed by atoms with Crippen LogP contribution in [0.15, 0.2) is 18.2 Å². The number of hydrogen-bond acceptors (Lipinski definition) is 2. The maximum absolute atomic E-state index is 6.03. The number of fused-ring (bicyclic) bond motifs is 1. The maximum Gasteiger partial charge on any atom is 0.113 e. The normalized spacial score (nSPS) is 20.9. The van der Waals surface area contributed by atoms with Gasteiger partial charge in [0.1, 0.15) is 5.82 Å². The first-order chi connectivity index (χ1) is 9.07. The third-order valence-corrected chi connectivity index (χ3v) is 4.61. The predicted octanol–water partition coefficient (Wildman–Crippen LogP) is 3.49. The second kappa shape index (κ2) is 4.80. The summed E-state index contributed by atoms with van der Waals surface area (Å²) in [4.78, 5) is 8.21. The smallest absolute Gasteiger partial charge is 0.113 e. The van der Waals surface area contributed by atoms with Crippen molar-refractivity contribution in [3.63, 3.8) is 0 Å². The van der Waals surface area contributed by atoms with Gasteiger partial charge in [-0.3, -0.25) is 0 Å². The van der Waals surface area contributed by atoms with Crippen molar-refractivity contribution in [3.8, 4) is 0 Å². The molecule has 4 heteroatoms. The molecule has 0 bridgehead atoms. The molecule has 1 saturated heterocycles. The van der Waals surface area contributed by atoms with Gasteiger partial charge in [-0.1, -0.05) is 25.4 Å². The molecule has 1 aliphatic heterocycles. The monoisotopic (exact) mass is 277 g/mol. The molecule has 0 saturated carbocycles. The summed E-state index contributed by atoms with van der Waals surface area (Å²) in [6, 6.07) is 5.82. The molecule has 0 spiro atoms. The first-order valence-corrected chi connectivity index (χ1v) is 7.31. The quantitative estimate of drug-likeness (QED) is 0.882. The zero-order chi connectivity index (χ0) is 13.5. The summed E-state index contributed by atoms with van der Waals surface area (Å²) in [6.45, 7) is 6.78. The van der Waals surface area contributed by atoms with Crippen molar-refractivity contribution in [3.05, 3.63) is 29.0 Å². The summed E-state index contributed by atoms with van der Waals surface area (Å²) in [5.41, 5.74) is 2.08. The summed E-state index contributed by atoms with van der Waals surface area (Å²) < 4.78 is 0. The highest BCUT2D eigenvalue weighted by Crippen LogP contribution is 2.35. The number of rotatable bonds is 2. The number of benzene rings is 1. The third kappa shape index (κ3) is 2.37. The molecule has 19 heavy (non-hydrogen) atoms. The van der Waals surface area contributed by atoms with Crippen LogP contribution < -0.4 is 5.32 Å². The Bertz CT molecular complexity index is 582. The van der Waals surface area contributed by atoms with Gasteiger partial charge in [0.2, 0.25) is 0 Å².